The van der Waals surface area contributed by atoms with Crippen LogP contribution >= 0.6 is 11.3 Å². The van der Waals surface area contributed by atoms with Crippen molar-refractivity contribution in [3.63, 3.8) is 0 Å². The van der Waals surface area contributed by atoms with E-state index in [2.05, 4.69) is 39.0 Å². The van der Waals surface area contributed by atoms with Crippen molar-refractivity contribution in [2.45, 2.75) is 46.1 Å². The van der Waals surface area contributed by atoms with Crippen LogP contribution in [0.2, 0.25) is 0 Å². The van der Waals surface area contributed by atoms with Crippen LogP contribution in [0.25, 0.3) is 0 Å². The van der Waals surface area contributed by atoms with Crippen molar-refractivity contribution in [2.24, 2.45) is 5.92 Å². The number of benzene rings is 2. The number of likely N-dealkylation sites (N-methyl/N-ethyl adjacent to an activating group) is 1. The Balaban J connectivity index is 1.85. The summed E-state index contributed by atoms with van der Waals surface area (Å²) in [5.41, 5.74) is 3.61. The van der Waals surface area contributed by atoms with Gasteiger partial charge < -0.3 is 9.80 Å². The Morgan fingerprint density at radius 2 is 1.76 bits per heavy atom. The van der Waals surface area contributed by atoms with E-state index < -0.39 is 5.92 Å². The van der Waals surface area contributed by atoms with Gasteiger partial charge in [0.1, 0.15) is 0 Å². The summed E-state index contributed by atoms with van der Waals surface area (Å²) in [6, 6.07) is 19.6. The highest BCUT2D eigenvalue weighted by atomic mass is 32.1. The summed E-state index contributed by atoms with van der Waals surface area (Å²) in [6.07, 6.45) is 0.961. The first-order chi connectivity index (χ1) is 16.0. The smallest absolute Gasteiger partial charge is 0.254 e. The fourth-order valence-corrected chi connectivity index (χ4v) is 5.65. The van der Waals surface area contributed by atoms with E-state index in [-0.39, 0.29) is 17.9 Å². The summed E-state index contributed by atoms with van der Waals surface area (Å²) in [6.45, 7) is 9.54. The molecule has 172 valence electrons. The minimum atomic E-state index is -0.456. The zero-order valence-corrected chi connectivity index (χ0v) is 20.6. The number of carbonyl (C=O) groups is 2. The fourth-order valence-electron chi connectivity index (χ4n) is 4.77. The zero-order chi connectivity index (χ0) is 23.5. The van der Waals surface area contributed by atoms with Crippen LogP contribution in [0.15, 0.2) is 66.0 Å². The minimum Gasteiger partial charge on any atom is -0.329 e. The average Bonchev–Trinajstić information content (AvgIpc) is 3.36. The third kappa shape index (κ3) is 4.47. The van der Waals surface area contributed by atoms with Gasteiger partial charge in [-0.1, -0.05) is 57.2 Å². The van der Waals surface area contributed by atoms with Gasteiger partial charge in [0.05, 0.1) is 12.0 Å². The largest absolute Gasteiger partial charge is 0.329 e. The monoisotopic (exact) mass is 460 g/mol. The molecule has 0 unspecified atom stereocenters. The van der Waals surface area contributed by atoms with E-state index in [0.29, 0.717) is 24.6 Å². The van der Waals surface area contributed by atoms with Crippen molar-refractivity contribution in [2.75, 3.05) is 18.0 Å². The molecule has 2 atom stereocenters. The first kappa shape index (κ1) is 23.2. The van der Waals surface area contributed by atoms with Crippen LogP contribution in [-0.2, 0) is 11.2 Å². The van der Waals surface area contributed by atoms with Gasteiger partial charge in [-0.2, -0.15) is 0 Å². The number of hydrogen-bond donors (Lipinski definition) is 0. The van der Waals surface area contributed by atoms with E-state index in [0.717, 1.165) is 22.5 Å². The number of hydrogen-bond acceptors (Lipinski definition) is 3. The predicted molar refractivity (Wildman–Crippen MR) is 136 cm³/mol. The Morgan fingerprint density at radius 3 is 2.36 bits per heavy atom. The Morgan fingerprint density at radius 1 is 1.03 bits per heavy atom. The molecule has 0 radical (unpaired) electrons. The van der Waals surface area contributed by atoms with Gasteiger partial charge in [0.2, 0.25) is 5.91 Å². The first-order valence-electron chi connectivity index (χ1n) is 11.8. The minimum absolute atomic E-state index is 0.0112. The molecule has 0 N–H and O–H groups in total. The number of amides is 2. The molecule has 2 aromatic carbocycles. The molecule has 0 fully saturated rings. The van der Waals surface area contributed by atoms with Crippen LogP contribution in [0.3, 0.4) is 0 Å². The summed E-state index contributed by atoms with van der Waals surface area (Å²) in [5, 5.41) is 2.02. The molecule has 2 amide bonds. The van der Waals surface area contributed by atoms with Crippen molar-refractivity contribution < 1.29 is 9.59 Å². The number of carbonyl (C=O) groups excluding carboxylic acids is 2. The molecule has 0 spiro atoms. The van der Waals surface area contributed by atoms with E-state index in [4.69, 9.17) is 0 Å². The maximum Gasteiger partial charge on any atom is 0.254 e. The van der Waals surface area contributed by atoms with E-state index in [9.17, 15) is 9.59 Å². The van der Waals surface area contributed by atoms with Crippen LogP contribution in [0, 0.1) is 5.92 Å². The van der Waals surface area contributed by atoms with E-state index in [1.807, 2.05) is 64.6 Å². The Kier molecular flexibility index (Phi) is 6.99. The number of fused-ring (bicyclic) bond motifs is 1. The van der Waals surface area contributed by atoms with Crippen molar-refractivity contribution in [1.29, 1.82) is 0 Å². The van der Waals surface area contributed by atoms with Crippen molar-refractivity contribution in [3.05, 3.63) is 87.6 Å². The lowest BCUT2D eigenvalue weighted by molar-refractivity contribution is -0.121. The lowest BCUT2D eigenvalue weighted by atomic mass is 9.80. The summed E-state index contributed by atoms with van der Waals surface area (Å²) in [4.78, 5) is 32.7. The van der Waals surface area contributed by atoms with Gasteiger partial charge >= 0.3 is 0 Å². The van der Waals surface area contributed by atoms with Gasteiger partial charge in [-0.25, -0.2) is 0 Å². The molecule has 4 rings (SSSR count). The van der Waals surface area contributed by atoms with Gasteiger partial charge in [-0.15, -0.1) is 11.3 Å². The predicted octanol–water partition coefficient (Wildman–Crippen LogP) is 6.30. The Labute approximate surface area is 200 Å². The number of thiophene rings is 1. The third-order valence-corrected chi connectivity index (χ3v) is 7.28. The molecule has 1 aliphatic heterocycles. The normalized spacial score (nSPS) is 17.8. The van der Waals surface area contributed by atoms with Crippen molar-refractivity contribution in [3.8, 4) is 0 Å². The van der Waals surface area contributed by atoms with Gasteiger partial charge in [0.15, 0.2) is 0 Å². The molecular formula is C28H32N2O2S. The average molecular weight is 461 g/mol. The van der Waals surface area contributed by atoms with E-state index in [1.54, 1.807) is 11.3 Å². The van der Waals surface area contributed by atoms with Crippen LogP contribution in [-0.4, -0.2) is 29.8 Å². The summed E-state index contributed by atoms with van der Waals surface area (Å²) in [5.74, 6) is -0.116. The molecular weight excluding hydrogens is 428 g/mol. The lowest BCUT2D eigenvalue weighted by Crippen LogP contribution is -2.49. The standard InChI is InChI=1S/C28H32N2O2S/c1-5-20-13-15-21(16-14-20)29(6-2)28(32)25-22-10-7-8-11-23(22)27(31)30(18-19(3)4)26(25)24-12-9-17-33-24/h7-17,19,25-26H,5-6,18H2,1-4H3/t25-,26-/m0/s1. The molecule has 2 heterocycles. The maximum atomic E-state index is 14.3. The second-order valence-electron chi connectivity index (χ2n) is 8.98. The van der Waals surface area contributed by atoms with Gasteiger partial charge in [0.25, 0.3) is 5.91 Å². The molecule has 33 heavy (non-hydrogen) atoms. The topological polar surface area (TPSA) is 40.6 Å². The van der Waals surface area contributed by atoms with Crippen LogP contribution in [0.4, 0.5) is 5.69 Å². The molecule has 1 aliphatic rings. The van der Waals surface area contributed by atoms with Gasteiger partial charge in [-0.3, -0.25) is 9.59 Å². The van der Waals surface area contributed by atoms with E-state index >= 15 is 0 Å². The number of rotatable bonds is 7. The molecule has 3 aromatic rings. The summed E-state index contributed by atoms with van der Waals surface area (Å²) >= 11 is 1.61. The summed E-state index contributed by atoms with van der Waals surface area (Å²) in [7, 11) is 0. The third-order valence-electron chi connectivity index (χ3n) is 6.34. The van der Waals surface area contributed by atoms with Gasteiger partial charge in [-0.05, 0) is 60.0 Å². The second-order valence-corrected chi connectivity index (χ2v) is 9.96. The molecule has 4 nitrogen and oxygen atoms in total. The van der Waals surface area contributed by atoms with Gasteiger partial charge in [0, 0.05) is 29.2 Å². The zero-order valence-electron chi connectivity index (χ0n) is 19.8. The van der Waals surface area contributed by atoms with Crippen LogP contribution in [0.5, 0.6) is 0 Å². The highest BCUT2D eigenvalue weighted by Gasteiger charge is 2.46. The quantitative estimate of drug-likeness (QED) is 0.415. The van der Waals surface area contributed by atoms with Crippen LogP contribution in [0.1, 0.15) is 66.0 Å². The van der Waals surface area contributed by atoms with Crippen molar-refractivity contribution in [1.82, 2.24) is 4.90 Å². The fraction of sp³-hybridized carbons (Fsp3) is 0.357. The highest BCUT2D eigenvalue weighted by molar-refractivity contribution is 7.10. The molecule has 5 heteroatoms. The molecule has 0 aliphatic carbocycles. The molecule has 1 aromatic heterocycles. The second kappa shape index (κ2) is 9.92. The Bertz CT molecular complexity index is 1110. The number of nitrogens with zero attached hydrogens (tertiary/aromatic N) is 2. The van der Waals surface area contributed by atoms with Crippen LogP contribution < -0.4 is 4.90 Å². The molecule has 0 saturated carbocycles. The first-order valence-corrected chi connectivity index (χ1v) is 12.7. The lowest BCUT2D eigenvalue weighted by Gasteiger charge is -2.43. The molecule has 0 saturated heterocycles. The molecule has 0 bridgehead atoms. The maximum absolute atomic E-state index is 14.3. The Hall–Kier alpha value is -2.92. The number of aryl methyl sites for hydroxylation is 1. The number of anilines is 1. The van der Waals surface area contributed by atoms with E-state index in [1.165, 1.54) is 5.56 Å². The SMILES string of the molecule is CCc1ccc(N(CC)C(=O)[C@H]2c3ccccc3C(=O)N(CC(C)C)[C@H]2c2cccs2)cc1. The summed E-state index contributed by atoms with van der Waals surface area (Å²) < 4.78 is 0. The highest BCUT2D eigenvalue weighted by Crippen LogP contribution is 2.45. The van der Waals surface area contributed by atoms with Crippen molar-refractivity contribution >= 4 is 28.8 Å².